The lowest BCUT2D eigenvalue weighted by Gasteiger charge is -2.19. The zero-order chi connectivity index (χ0) is 21.4. The van der Waals surface area contributed by atoms with Crippen molar-refractivity contribution in [2.24, 2.45) is 0 Å². The molecule has 3 aliphatic heterocycles. The van der Waals surface area contributed by atoms with E-state index in [4.69, 9.17) is 0 Å². The van der Waals surface area contributed by atoms with E-state index < -0.39 is 0 Å². The maximum absolute atomic E-state index is 10.9. The van der Waals surface area contributed by atoms with Gasteiger partial charge in [0.15, 0.2) is 0 Å². The molecule has 0 aromatic rings. The molecule has 0 atom stereocenters. The largest absolute Gasteiger partial charge is 0.340 e. The summed E-state index contributed by atoms with van der Waals surface area (Å²) in [6, 6.07) is 0.847. The minimum Gasteiger partial charge on any atom is -0.340 e. The molecular formula is C20H36N4O4. The first-order valence-corrected chi connectivity index (χ1v) is 10.2. The van der Waals surface area contributed by atoms with E-state index in [1.54, 1.807) is 0 Å². The van der Waals surface area contributed by atoms with Crippen molar-refractivity contribution in [1.29, 1.82) is 0 Å². The molecule has 28 heavy (non-hydrogen) atoms. The quantitative estimate of drug-likeness (QED) is 0.739. The van der Waals surface area contributed by atoms with E-state index in [0.29, 0.717) is 30.8 Å². The first-order valence-electron chi connectivity index (χ1n) is 10.2. The van der Waals surface area contributed by atoms with Crippen molar-refractivity contribution in [1.82, 2.24) is 20.0 Å². The molecule has 3 rings (SSSR count). The van der Waals surface area contributed by atoms with Crippen molar-refractivity contribution >= 4 is 23.8 Å². The SMILES string of the molecule is CC(C)N1C(=O)CCC1=O.CC(C)N1CCCC1=O.CC(C)N1CCNC1=O. The Kier molecular flexibility index (Phi) is 9.41. The third kappa shape index (κ3) is 6.80. The first kappa shape index (κ1) is 23.9. The summed E-state index contributed by atoms with van der Waals surface area (Å²) >= 11 is 0. The number of nitrogens with one attached hydrogen (secondary N) is 1. The summed E-state index contributed by atoms with van der Waals surface area (Å²) < 4.78 is 0. The van der Waals surface area contributed by atoms with Gasteiger partial charge in [0.25, 0.3) is 0 Å². The zero-order valence-electron chi connectivity index (χ0n) is 18.2. The fourth-order valence-corrected chi connectivity index (χ4v) is 3.36. The van der Waals surface area contributed by atoms with Crippen LogP contribution in [0.15, 0.2) is 0 Å². The molecule has 3 aliphatic rings. The Balaban J connectivity index is 0.000000210. The van der Waals surface area contributed by atoms with Crippen LogP contribution in [0.2, 0.25) is 0 Å². The molecule has 0 aromatic heterocycles. The van der Waals surface area contributed by atoms with Gasteiger partial charge in [0.1, 0.15) is 0 Å². The number of nitrogens with zero attached hydrogens (tertiary/aromatic N) is 3. The number of carbonyl (C=O) groups excluding carboxylic acids is 4. The monoisotopic (exact) mass is 396 g/mol. The molecule has 0 radical (unpaired) electrons. The fourth-order valence-electron chi connectivity index (χ4n) is 3.36. The summed E-state index contributed by atoms with van der Waals surface area (Å²) in [5.41, 5.74) is 0. The third-order valence-electron chi connectivity index (χ3n) is 4.85. The number of likely N-dealkylation sites (tertiary alicyclic amines) is 2. The fraction of sp³-hybridized carbons (Fsp3) is 0.800. The molecule has 0 unspecified atom stereocenters. The van der Waals surface area contributed by atoms with Gasteiger partial charge in [-0.3, -0.25) is 19.3 Å². The number of hydrogen-bond acceptors (Lipinski definition) is 4. The molecule has 3 fully saturated rings. The van der Waals surface area contributed by atoms with Crippen LogP contribution in [0.3, 0.4) is 0 Å². The van der Waals surface area contributed by atoms with Crippen molar-refractivity contribution < 1.29 is 19.2 Å². The van der Waals surface area contributed by atoms with Crippen LogP contribution >= 0.6 is 0 Å². The average molecular weight is 397 g/mol. The smallest absolute Gasteiger partial charge is 0.317 e. The third-order valence-corrected chi connectivity index (χ3v) is 4.85. The van der Waals surface area contributed by atoms with Crippen molar-refractivity contribution in [3.05, 3.63) is 0 Å². The Morgan fingerprint density at radius 3 is 1.43 bits per heavy atom. The number of urea groups is 1. The molecule has 8 nitrogen and oxygen atoms in total. The van der Waals surface area contributed by atoms with Crippen molar-refractivity contribution in [2.45, 2.75) is 85.4 Å². The Morgan fingerprint density at radius 2 is 1.21 bits per heavy atom. The van der Waals surface area contributed by atoms with Crippen LogP contribution < -0.4 is 5.32 Å². The van der Waals surface area contributed by atoms with Gasteiger partial charge in [0.05, 0.1) is 0 Å². The molecule has 0 saturated carbocycles. The second-order valence-electron chi connectivity index (χ2n) is 8.05. The lowest BCUT2D eigenvalue weighted by Crippen LogP contribution is -2.35. The lowest BCUT2D eigenvalue weighted by atomic mass is 10.3. The van der Waals surface area contributed by atoms with E-state index in [2.05, 4.69) is 19.2 Å². The Morgan fingerprint density at radius 1 is 0.679 bits per heavy atom. The van der Waals surface area contributed by atoms with Crippen molar-refractivity contribution in [2.75, 3.05) is 19.6 Å². The van der Waals surface area contributed by atoms with E-state index in [0.717, 1.165) is 32.5 Å². The number of rotatable bonds is 3. The summed E-state index contributed by atoms with van der Waals surface area (Å²) in [6.07, 6.45) is 2.61. The Bertz CT molecular complexity index is 529. The highest BCUT2D eigenvalue weighted by molar-refractivity contribution is 6.02. The maximum Gasteiger partial charge on any atom is 0.317 e. The van der Waals surface area contributed by atoms with Gasteiger partial charge in [-0.15, -0.1) is 0 Å². The topological polar surface area (TPSA) is 90.0 Å². The van der Waals surface area contributed by atoms with Crippen LogP contribution in [-0.4, -0.2) is 76.2 Å². The van der Waals surface area contributed by atoms with Crippen LogP contribution in [-0.2, 0) is 14.4 Å². The van der Waals surface area contributed by atoms with Crippen LogP contribution in [0.1, 0.15) is 67.2 Å². The first-order chi connectivity index (χ1) is 13.1. The summed E-state index contributed by atoms with van der Waals surface area (Å²) in [4.78, 5) is 48.7. The molecule has 0 spiro atoms. The molecule has 5 amide bonds. The Labute approximate surface area is 168 Å². The summed E-state index contributed by atoms with van der Waals surface area (Å²) in [5.74, 6) is 0.269. The maximum atomic E-state index is 10.9. The highest BCUT2D eigenvalue weighted by Crippen LogP contribution is 2.14. The summed E-state index contributed by atoms with van der Waals surface area (Å²) in [7, 11) is 0. The normalized spacial score (nSPS) is 19.4. The predicted octanol–water partition coefficient (Wildman–Crippen LogP) is 1.98. The molecule has 3 saturated heterocycles. The predicted molar refractivity (Wildman–Crippen MR) is 108 cm³/mol. The van der Waals surface area contributed by atoms with Crippen LogP contribution in [0.5, 0.6) is 0 Å². The number of amides is 5. The molecule has 0 aromatic carbocycles. The van der Waals surface area contributed by atoms with Gasteiger partial charge in [0.2, 0.25) is 17.7 Å². The molecule has 3 heterocycles. The van der Waals surface area contributed by atoms with E-state index in [9.17, 15) is 19.2 Å². The second-order valence-corrected chi connectivity index (χ2v) is 8.05. The van der Waals surface area contributed by atoms with Crippen LogP contribution in [0.25, 0.3) is 0 Å². The molecule has 1 N–H and O–H groups in total. The van der Waals surface area contributed by atoms with E-state index >= 15 is 0 Å². The summed E-state index contributed by atoms with van der Waals surface area (Å²) in [6.45, 7) is 14.5. The summed E-state index contributed by atoms with van der Waals surface area (Å²) in [5, 5.41) is 2.74. The van der Waals surface area contributed by atoms with Gasteiger partial charge < -0.3 is 15.1 Å². The van der Waals surface area contributed by atoms with Crippen molar-refractivity contribution in [3.63, 3.8) is 0 Å². The van der Waals surface area contributed by atoms with Gasteiger partial charge in [-0.25, -0.2) is 4.79 Å². The second kappa shape index (κ2) is 11.0. The van der Waals surface area contributed by atoms with Gasteiger partial charge in [0, 0.05) is 57.0 Å². The van der Waals surface area contributed by atoms with Gasteiger partial charge >= 0.3 is 6.03 Å². The van der Waals surface area contributed by atoms with E-state index in [-0.39, 0.29) is 23.9 Å². The minimum atomic E-state index is -0.0278. The number of imide groups is 1. The molecular weight excluding hydrogens is 360 g/mol. The number of hydrogen-bond donors (Lipinski definition) is 1. The molecule has 160 valence electrons. The highest BCUT2D eigenvalue weighted by Gasteiger charge is 2.30. The minimum absolute atomic E-state index is 0.0278. The van der Waals surface area contributed by atoms with Gasteiger partial charge in [-0.2, -0.15) is 0 Å². The van der Waals surface area contributed by atoms with Gasteiger partial charge in [-0.05, 0) is 48.0 Å². The standard InChI is InChI=1S/C7H11NO2.C7H13NO.C6H12N2O/c1-5(2)8-6(9)3-4-7(8)10;1-6(2)8-5-3-4-7(8)9;1-5(2)8-4-3-7-6(8)9/h5H,3-4H2,1-2H3;6H,3-5H2,1-2H3;5H,3-4H2,1-2H3,(H,7,9). The van der Waals surface area contributed by atoms with E-state index in [1.807, 2.05) is 37.5 Å². The average Bonchev–Trinajstić information content (AvgIpc) is 3.29. The highest BCUT2D eigenvalue weighted by atomic mass is 16.2. The van der Waals surface area contributed by atoms with Crippen LogP contribution in [0, 0.1) is 0 Å². The van der Waals surface area contributed by atoms with E-state index in [1.165, 1.54) is 4.90 Å². The Hall–Kier alpha value is -2.12. The zero-order valence-corrected chi connectivity index (χ0v) is 18.2. The molecule has 0 aliphatic carbocycles. The lowest BCUT2D eigenvalue weighted by molar-refractivity contribution is -0.140. The molecule has 8 heteroatoms. The van der Waals surface area contributed by atoms with Crippen molar-refractivity contribution in [3.8, 4) is 0 Å². The molecule has 0 bridgehead atoms. The van der Waals surface area contributed by atoms with Crippen LogP contribution in [0.4, 0.5) is 4.79 Å². The van der Waals surface area contributed by atoms with Gasteiger partial charge in [-0.1, -0.05) is 0 Å². The number of carbonyl (C=O) groups is 4.